The fraction of sp³-hybridized carbons (Fsp3) is 0.933. The number of carbonyl (C=O) groups is 1. The van der Waals surface area contributed by atoms with E-state index in [9.17, 15) is 4.79 Å². The topological polar surface area (TPSA) is 32.8 Å². The largest absolute Gasteiger partial charge is 0.384 e. The molecule has 0 aliphatic carbocycles. The van der Waals surface area contributed by atoms with Gasteiger partial charge in [0.2, 0.25) is 6.41 Å². The molecular weight excluding hydrogens is 240 g/mol. The second kappa shape index (κ2) is 7.85. The van der Waals surface area contributed by atoms with E-state index < -0.39 is 0 Å². The van der Waals surface area contributed by atoms with Gasteiger partial charge in [-0.15, -0.1) is 0 Å². The smallest absolute Gasteiger partial charge is 0.209 e. The van der Waals surface area contributed by atoms with E-state index in [1.54, 1.807) is 7.11 Å². The van der Waals surface area contributed by atoms with Crippen LogP contribution in [0.15, 0.2) is 0 Å². The van der Waals surface area contributed by atoms with Crippen LogP contribution in [0.5, 0.6) is 0 Å². The van der Waals surface area contributed by atoms with E-state index in [2.05, 4.69) is 25.7 Å². The van der Waals surface area contributed by atoms with Gasteiger partial charge in [-0.3, -0.25) is 4.79 Å². The van der Waals surface area contributed by atoms with Crippen molar-refractivity contribution in [3.05, 3.63) is 0 Å². The predicted molar refractivity (Wildman–Crippen MR) is 78.2 cm³/mol. The lowest BCUT2D eigenvalue weighted by Crippen LogP contribution is -2.41. The van der Waals surface area contributed by atoms with Crippen molar-refractivity contribution in [1.82, 2.24) is 9.80 Å². The van der Waals surface area contributed by atoms with Crippen molar-refractivity contribution >= 4 is 6.41 Å². The second-order valence-electron chi connectivity index (χ2n) is 6.10. The molecule has 0 bridgehead atoms. The molecular formula is C15H30N2O2. The van der Waals surface area contributed by atoms with Gasteiger partial charge in [0.15, 0.2) is 0 Å². The molecule has 0 aromatic heterocycles. The van der Waals surface area contributed by atoms with Crippen molar-refractivity contribution in [1.29, 1.82) is 0 Å². The molecule has 2 aliphatic heterocycles. The molecule has 2 rings (SSSR count). The Hall–Kier alpha value is -0.610. The lowest BCUT2D eigenvalue weighted by Gasteiger charge is -2.34. The summed E-state index contributed by atoms with van der Waals surface area (Å²) >= 11 is 0. The average molecular weight is 270 g/mol. The monoisotopic (exact) mass is 270 g/mol. The Morgan fingerprint density at radius 3 is 2.26 bits per heavy atom. The summed E-state index contributed by atoms with van der Waals surface area (Å²) < 4.78 is 5.17. The Morgan fingerprint density at radius 1 is 1.32 bits per heavy atom. The molecule has 19 heavy (non-hydrogen) atoms. The maximum absolute atomic E-state index is 10.5. The summed E-state index contributed by atoms with van der Waals surface area (Å²) in [5.41, 5.74) is 0.232. The van der Waals surface area contributed by atoms with Gasteiger partial charge >= 0.3 is 0 Å². The SMILES string of the molecule is CC(C)N1CCC1.CCC1(COC)CCN(C=O)C1. The van der Waals surface area contributed by atoms with Crippen molar-refractivity contribution in [2.75, 3.05) is 39.9 Å². The fourth-order valence-electron chi connectivity index (χ4n) is 2.73. The number of amides is 1. The Morgan fingerprint density at radius 2 is 2.00 bits per heavy atom. The van der Waals surface area contributed by atoms with Crippen LogP contribution in [-0.2, 0) is 9.53 Å². The first kappa shape index (κ1) is 16.4. The minimum absolute atomic E-state index is 0.232. The normalized spacial score (nSPS) is 26.9. The van der Waals surface area contributed by atoms with Crippen LogP contribution < -0.4 is 0 Å². The third-order valence-electron chi connectivity index (χ3n) is 4.44. The molecule has 0 spiro atoms. The number of rotatable bonds is 5. The molecule has 112 valence electrons. The molecule has 4 heteroatoms. The summed E-state index contributed by atoms with van der Waals surface area (Å²) in [6, 6.07) is 0.786. The van der Waals surface area contributed by atoms with E-state index >= 15 is 0 Å². The summed E-state index contributed by atoms with van der Waals surface area (Å²) in [6.45, 7) is 11.8. The third-order valence-corrected chi connectivity index (χ3v) is 4.44. The van der Waals surface area contributed by atoms with Gasteiger partial charge in [0, 0.05) is 31.7 Å². The molecule has 1 unspecified atom stereocenters. The van der Waals surface area contributed by atoms with Crippen molar-refractivity contribution in [2.24, 2.45) is 5.41 Å². The Balaban J connectivity index is 0.000000218. The summed E-state index contributed by atoms with van der Waals surface area (Å²) in [7, 11) is 1.72. The van der Waals surface area contributed by atoms with Gasteiger partial charge in [-0.1, -0.05) is 6.92 Å². The van der Waals surface area contributed by atoms with Crippen molar-refractivity contribution in [2.45, 2.75) is 46.1 Å². The lowest BCUT2D eigenvalue weighted by atomic mass is 9.85. The summed E-state index contributed by atoms with van der Waals surface area (Å²) in [5.74, 6) is 0. The van der Waals surface area contributed by atoms with E-state index in [0.29, 0.717) is 0 Å². The average Bonchev–Trinajstić information content (AvgIpc) is 2.72. The fourth-order valence-corrected chi connectivity index (χ4v) is 2.73. The highest BCUT2D eigenvalue weighted by Crippen LogP contribution is 2.33. The van der Waals surface area contributed by atoms with Crippen LogP contribution in [-0.4, -0.2) is 62.1 Å². The van der Waals surface area contributed by atoms with E-state index in [1.807, 2.05) is 4.90 Å². The highest BCUT2D eigenvalue weighted by molar-refractivity contribution is 5.47. The highest BCUT2D eigenvalue weighted by Gasteiger charge is 2.35. The summed E-state index contributed by atoms with van der Waals surface area (Å²) in [6.07, 6.45) is 4.52. The predicted octanol–water partition coefficient (Wildman–Crippen LogP) is 1.99. The quantitative estimate of drug-likeness (QED) is 0.716. The minimum atomic E-state index is 0.232. The van der Waals surface area contributed by atoms with Crippen LogP contribution in [0.4, 0.5) is 0 Å². The summed E-state index contributed by atoms with van der Waals surface area (Å²) in [5, 5.41) is 0. The number of likely N-dealkylation sites (tertiary alicyclic amines) is 2. The first-order valence-electron chi connectivity index (χ1n) is 7.49. The molecule has 1 atom stereocenters. The van der Waals surface area contributed by atoms with Gasteiger partial charge in [0.1, 0.15) is 0 Å². The summed E-state index contributed by atoms with van der Waals surface area (Å²) in [4.78, 5) is 14.8. The van der Waals surface area contributed by atoms with E-state index in [4.69, 9.17) is 4.74 Å². The molecule has 2 saturated heterocycles. The van der Waals surface area contributed by atoms with Crippen LogP contribution in [0.1, 0.15) is 40.0 Å². The van der Waals surface area contributed by atoms with Gasteiger partial charge in [-0.25, -0.2) is 0 Å². The third kappa shape index (κ3) is 4.77. The minimum Gasteiger partial charge on any atom is -0.384 e. The zero-order valence-electron chi connectivity index (χ0n) is 13.0. The van der Waals surface area contributed by atoms with Crippen molar-refractivity contribution in [3.63, 3.8) is 0 Å². The molecule has 0 radical (unpaired) electrons. The van der Waals surface area contributed by atoms with Crippen LogP contribution in [0.25, 0.3) is 0 Å². The number of carbonyl (C=O) groups excluding carboxylic acids is 1. The van der Waals surface area contributed by atoms with Gasteiger partial charge in [0.25, 0.3) is 0 Å². The van der Waals surface area contributed by atoms with Crippen LogP contribution in [0.3, 0.4) is 0 Å². The number of hydrogen-bond acceptors (Lipinski definition) is 3. The van der Waals surface area contributed by atoms with Gasteiger partial charge < -0.3 is 14.5 Å². The van der Waals surface area contributed by atoms with Crippen LogP contribution >= 0.6 is 0 Å². The van der Waals surface area contributed by atoms with Crippen LogP contribution in [0, 0.1) is 5.41 Å². The second-order valence-corrected chi connectivity index (χ2v) is 6.10. The molecule has 2 heterocycles. The standard InChI is InChI=1S/C9H17NO2.C6H13N/c1-3-9(7-12-2)4-5-10(6-9)8-11;1-6(2)7-4-3-5-7/h8H,3-7H2,1-2H3;6H,3-5H2,1-2H3. The Labute approximate surface area is 118 Å². The van der Waals surface area contributed by atoms with E-state index in [-0.39, 0.29) is 5.41 Å². The van der Waals surface area contributed by atoms with Crippen LogP contribution in [0.2, 0.25) is 0 Å². The van der Waals surface area contributed by atoms with E-state index in [0.717, 1.165) is 45.0 Å². The number of methoxy groups -OCH3 is 1. The van der Waals surface area contributed by atoms with Gasteiger partial charge in [0.05, 0.1) is 6.61 Å². The van der Waals surface area contributed by atoms with Gasteiger partial charge in [-0.2, -0.15) is 0 Å². The molecule has 2 aliphatic rings. The maximum atomic E-state index is 10.5. The molecule has 0 N–H and O–H groups in total. The molecule has 4 nitrogen and oxygen atoms in total. The molecule has 0 aromatic rings. The lowest BCUT2D eigenvalue weighted by molar-refractivity contribution is -0.117. The van der Waals surface area contributed by atoms with Crippen molar-refractivity contribution < 1.29 is 9.53 Å². The van der Waals surface area contributed by atoms with E-state index in [1.165, 1.54) is 19.5 Å². The maximum Gasteiger partial charge on any atom is 0.209 e. The first-order chi connectivity index (χ1) is 9.06. The van der Waals surface area contributed by atoms with Gasteiger partial charge in [-0.05, 0) is 46.2 Å². The first-order valence-corrected chi connectivity index (χ1v) is 7.49. The van der Waals surface area contributed by atoms with Crippen molar-refractivity contribution in [3.8, 4) is 0 Å². The molecule has 2 fully saturated rings. The Kier molecular flexibility index (Phi) is 6.80. The molecule has 1 amide bonds. The zero-order valence-corrected chi connectivity index (χ0v) is 13.0. The Bertz CT molecular complexity index is 267. The number of nitrogens with zero attached hydrogens (tertiary/aromatic N) is 2. The molecule has 0 aromatic carbocycles. The molecule has 0 saturated carbocycles. The number of ether oxygens (including phenoxy) is 1. The number of hydrogen-bond donors (Lipinski definition) is 0. The zero-order chi connectivity index (χ0) is 14.3. The highest BCUT2D eigenvalue weighted by atomic mass is 16.5.